The van der Waals surface area contributed by atoms with Crippen molar-refractivity contribution < 1.29 is 14.4 Å². The molecule has 5 heteroatoms. The Morgan fingerprint density at radius 1 is 1.17 bits per heavy atom. The van der Waals surface area contributed by atoms with Gasteiger partial charge in [0.2, 0.25) is 0 Å². The maximum atomic E-state index is 11.7. The van der Waals surface area contributed by atoms with E-state index in [0.29, 0.717) is 10.7 Å². The largest absolute Gasteiger partial charge is 0.383 e. The van der Waals surface area contributed by atoms with Crippen LogP contribution in [0.3, 0.4) is 0 Å². The van der Waals surface area contributed by atoms with E-state index in [9.17, 15) is 9.59 Å². The maximum Gasteiger partial charge on any atom is 0.200 e. The molecular weight excluding hydrogens is 254 g/mol. The fourth-order valence-electron chi connectivity index (χ4n) is 1.94. The highest BCUT2D eigenvalue weighted by Crippen LogP contribution is 2.25. The number of carbonyl (C=O) groups is 2. The van der Waals surface area contributed by atoms with Crippen LogP contribution in [0.5, 0.6) is 0 Å². The lowest BCUT2D eigenvalue weighted by Crippen LogP contribution is -2.34. The molecule has 2 rings (SSSR count). The Balaban J connectivity index is 2.36. The minimum Gasteiger partial charge on any atom is -0.383 e. The molecule has 2 atom stereocenters. The molecule has 1 aliphatic rings. The fourth-order valence-corrected chi connectivity index (χ4v) is 2.07. The molecule has 1 aromatic carbocycles. The number of benzene rings is 1. The van der Waals surface area contributed by atoms with E-state index in [4.69, 9.17) is 16.4 Å². The van der Waals surface area contributed by atoms with Crippen LogP contribution in [0.25, 0.3) is 0 Å². The third-order valence-electron chi connectivity index (χ3n) is 2.84. The fraction of sp³-hybridized carbons (Fsp3) is 0.308. The Hall–Kier alpha value is -1.68. The molecule has 1 heterocycles. The Labute approximate surface area is 110 Å². The Kier molecular flexibility index (Phi) is 3.48. The number of hydrogen-bond donors (Lipinski definition) is 0. The van der Waals surface area contributed by atoms with Crippen molar-refractivity contribution in [2.24, 2.45) is 11.1 Å². The molecule has 4 nitrogen and oxygen atoms in total. The van der Waals surface area contributed by atoms with E-state index in [2.05, 4.69) is 5.16 Å². The van der Waals surface area contributed by atoms with Crippen molar-refractivity contribution in [3.8, 4) is 0 Å². The Morgan fingerprint density at radius 3 is 2.28 bits per heavy atom. The highest BCUT2D eigenvalue weighted by Gasteiger charge is 2.41. The smallest absolute Gasteiger partial charge is 0.200 e. The van der Waals surface area contributed by atoms with Gasteiger partial charge in [-0.3, -0.25) is 9.59 Å². The summed E-state index contributed by atoms with van der Waals surface area (Å²) in [4.78, 5) is 28.2. The molecule has 0 fully saturated rings. The van der Waals surface area contributed by atoms with Crippen molar-refractivity contribution in [1.29, 1.82) is 0 Å². The second kappa shape index (κ2) is 4.90. The zero-order chi connectivity index (χ0) is 13.3. The molecule has 0 saturated heterocycles. The van der Waals surface area contributed by atoms with Gasteiger partial charge in [-0.05, 0) is 26.0 Å². The van der Waals surface area contributed by atoms with Gasteiger partial charge in [0.1, 0.15) is 17.4 Å². The van der Waals surface area contributed by atoms with Crippen molar-refractivity contribution in [2.45, 2.75) is 20.0 Å². The summed E-state index contributed by atoms with van der Waals surface area (Å²) < 4.78 is 0. The summed E-state index contributed by atoms with van der Waals surface area (Å²) >= 11 is 5.80. The van der Waals surface area contributed by atoms with Crippen molar-refractivity contribution >= 4 is 28.9 Å². The van der Waals surface area contributed by atoms with E-state index in [1.165, 1.54) is 13.8 Å². The third kappa shape index (κ3) is 2.29. The number of hydrogen-bond acceptors (Lipinski definition) is 4. The van der Waals surface area contributed by atoms with E-state index in [-0.39, 0.29) is 11.6 Å². The van der Waals surface area contributed by atoms with Gasteiger partial charge in [-0.2, -0.15) is 0 Å². The zero-order valence-corrected chi connectivity index (χ0v) is 10.8. The SMILES string of the molecule is CC(=O)[C@H]1C(c2ccc(Cl)cc2)=NO[C@@H]1C(C)=O. The van der Waals surface area contributed by atoms with Crippen LogP contribution < -0.4 is 0 Å². The summed E-state index contributed by atoms with van der Waals surface area (Å²) in [5, 5.41) is 4.47. The number of carbonyl (C=O) groups excluding carboxylic acids is 2. The summed E-state index contributed by atoms with van der Waals surface area (Å²) in [5.74, 6) is -0.979. The monoisotopic (exact) mass is 265 g/mol. The van der Waals surface area contributed by atoms with Crippen LogP contribution in [0, 0.1) is 5.92 Å². The van der Waals surface area contributed by atoms with Crippen LogP contribution in [-0.2, 0) is 14.4 Å². The molecule has 0 radical (unpaired) electrons. The first-order chi connectivity index (χ1) is 8.50. The second-order valence-corrected chi connectivity index (χ2v) is 4.64. The van der Waals surface area contributed by atoms with Gasteiger partial charge < -0.3 is 4.84 Å². The summed E-state index contributed by atoms with van der Waals surface area (Å²) in [5.41, 5.74) is 1.22. The van der Waals surface area contributed by atoms with Crippen LogP contribution >= 0.6 is 11.6 Å². The molecule has 1 aliphatic heterocycles. The first-order valence-electron chi connectivity index (χ1n) is 5.51. The lowest BCUT2D eigenvalue weighted by Gasteiger charge is -2.13. The first kappa shape index (κ1) is 12.8. The maximum absolute atomic E-state index is 11.7. The molecule has 0 saturated carbocycles. The normalized spacial score (nSPS) is 22.3. The lowest BCUT2D eigenvalue weighted by molar-refractivity contribution is -0.134. The summed E-state index contributed by atoms with van der Waals surface area (Å²) in [7, 11) is 0. The highest BCUT2D eigenvalue weighted by molar-refractivity contribution is 6.30. The molecule has 94 valence electrons. The van der Waals surface area contributed by atoms with Crippen molar-refractivity contribution in [2.75, 3.05) is 0 Å². The van der Waals surface area contributed by atoms with E-state index in [0.717, 1.165) is 5.56 Å². The number of nitrogens with zero attached hydrogens (tertiary/aromatic N) is 1. The van der Waals surface area contributed by atoms with Crippen LogP contribution in [0.2, 0.25) is 5.02 Å². The van der Waals surface area contributed by atoms with Gasteiger partial charge in [-0.1, -0.05) is 28.9 Å². The van der Waals surface area contributed by atoms with Crippen molar-refractivity contribution in [1.82, 2.24) is 0 Å². The number of oxime groups is 1. The molecular formula is C13H12ClNO3. The average Bonchev–Trinajstić information content (AvgIpc) is 2.74. The predicted octanol–water partition coefficient (Wildman–Crippen LogP) is 2.24. The van der Waals surface area contributed by atoms with Crippen molar-refractivity contribution in [3.05, 3.63) is 34.9 Å². The van der Waals surface area contributed by atoms with E-state index >= 15 is 0 Å². The molecule has 0 unspecified atom stereocenters. The van der Waals surface area contributed by atoms with E-state index in [1.54, 1.807) is 24.3 Å². The lowest BCUT2D eigenvalue weighted by atomic mass is 9.88. The standard InChI is InChI=1S/C13H12ClNO3/c1-7(16)11-12(15-18-13(11)8(2)17)9-3-5-10(14)6-4-9/h3-6,11,13H,1-2H3/t11-,13+/m0/s1. The van der Waals surface area contributed by atoms with Gasteiger partial charge in [0.15, 0.2) is 11.9 Å². The second-order valence-electron chi connectivity index (χ2n) is 4.21. The van der Waals surface area contributed by atoms with E-state index in [1.807, 2.05) is 0 Å². The summed E-state index contributed by atoms with van der Waals surface area (Å²) in [6.45, 7) is 2.82. The van der Waals surface area contributed by atoms with Gasteiger partial charge in [0, 0.05) is 10.6 Å². The quantitative estimate of drug-likeness (QED) is 0.842. The van der Waals surface area contributed by atoms with Gasteiger partial charge in [0.05, 0.1) is 0 Å². The van der Waals surface area contributed by atoms with Crippen LogP contribution in [-0.4, -0.2) is 23.4 Å². The molecule has 0 aromatic heterocycles. The number of rotatable bonds is 3. The minimum absolute atomic E-state index is 0.138. The highest BCUT2D eigenvalue weighted by atomic mass is 35.5. The molecule has 0 N–H and O–H groups in total. The number of halogens is 1. The molecule has 0 aliphatic carbocycles. The van der Waals surface area contributed by atoms with Crippen molar-refractivity contribution in [3.63, 3.8) is 0 Å². The zero-order valence-electron chi connectivity index (χ0n) is 10.0. The van der Waals surface area contributed by atoms with Gasteiger partial charge in [0.25, 0.3) is 0 Å². The van der Waals surface area contributed by atoms with Gasteiger partial charge in [-0.25, -0.2) is 0 Å². The topological polar surface area (TPSA) is 55.7 Å². The number of Topliss-reactive ketones (excluding diaryl/α,β-unsaturated/α-hetero) is 2. The predicted molar refractivity (Wildman–Crippen MR) is 67.7 cm³/mol. The summed E-state index contributed by atoms with van der Waals surface area (Å²) in [6, 6.07) is 6.92. The third-order valence-corrected chi connectivity index (χ3v) is 3.09. The van der Waals surface area contributed by atoms with Gasteiger partial charge >= 0.3 is 0 Å². The minimum atomic E-state index is -0.812. The molecule has 18 heavy (non-hydrogen) atoms. The summed E-state index contributed by atoms with van der Waals surface area (Å²) in [6.07, 6.45) is -0.812. The van der Waals surface area contributed by atoms with E-state index < -0.39 is 12.0 Å². The van der Waals surface area contributed by atoms with Crippen LogP contribution in [0.4, 0.5) is 0 Å². The molecule has 0 bridgehead atoms. The van der Waals surface area contributed by atoms with Crippen LogP contribution in [0.1, 0.15) is 19.4 Å². The molecule has 0 spiro atoms. The Morgan fingerprint density at radius 2 is 1.78 bits per heavy atom. The average molecular weight is 266 g/mol. The molecule has 0 amide bonds. The Bertz CT molecular complexity index is 522. The first-order valence-corrected chi connectivity index (χ1v) is 5.89. The molecule has 1 aromatic rings. The van der Waals surface area contributed by atoms with Gasteiger partial charge in [-0.15, -0.1) is 0 Å². The number of ketones is 2. The van der Waals surface area contributed by atoms with Crippen LogP contribution in [0.15, 0.2) is 29.4 Å².